The molecule has 0 aliphatic heterocycles. The number of nitrogens with one attached hydrogen (secondary N) is 2. The molecule has 0 saturated heterocycles. The van der Waals surface area contributed by atoms with Crippen LogP contribution in [0.4, 0.5) is 10.5 Å². The van der Waals surface area contributed by atoms with E-state index in [-0.39, 0.29) is 17.7 Å². The number of rotatable bonds is 13. The maximum atomic E-state index is 14.5. The summed E-state index contributed by atoms with van der Waals surface area (Å²) in [5, 5.41) is 6.00. The van der Waals surface area contributed by atoms with E-state index < -0.39 is 23.8 Å². The normalized spacial score (nSPS) is 12.9. The van der Waals surface area contributed by atoms with E-state index in [9.17, 15) is 14.4 Å². The van der Waals surface area contributed by atoms with Crippen molar-refractivity contribution in [3.8, 4) is 0 Å². The van der Waals surface area contributed by atoms with E-state index in [1.54, 1.807) is 25.7 Å². The molecule has 0 aliphatic carbocycles. The Bertz CT molecular complexity index is 1190. The molecule has 0 spiro atoms. The fraction of sp³-hybridized carbons (Fsp3) is 0.571. The maximum Gasteiger partial charge on any atom is 0.408 e. The van der Waals surface area contributed by atoms with Gasteiger partial charge in [-0.3, -0.25) is 9.59 Å². The molecule has 2 unspecified atom stereocenters. The van der Waals surface area contributed by atoms with Gasteiger partial charge >= 0.3 is 6.09 Å². The van der Waals surface area contributed by atoms with Crippen LogP contribution in [0.5, 0.6) is 0 Å². The zero-order valence-corrected chi connectivity index (χ0v) is 27.5. The van der Waals surface area contributed by atoms with Crippen molar-refractivity contribution in [1.29, 1.82) is 0 Å². The summed E-state index contributed by atoms with van der Waals surface area (Å²) in [7, 11) is 0. The van der Waals surface area contributed by atoms with Crippen molar-refractivity contribution in [2.24, 2.45) is 5.92 Å². The lowest BCUT2D eigenvalue weighted by Gasteiger charge is -2.36. The molecule has 0 aliphatic rings. The van der Waals surface area contributed by atoms with Crippen LogP contribution in [-0.2, 0) is 14.3 Å². The molecule has 7 heteroatoms. The minimum absolute atomic E-state index is 0.124. The molecule has 0 radical (unpaired) electrons. The molecule has 2 aromatic carbocycles. The number of aryl methyl sites for hydroxylation is 4. The Morgan fingerprint density at radius 1 is 0.905 bits per heavy atom. The van der Waals surface area contributed by atoms with Gasteiger partial charge in [0.1, 0.15) is 17.7 Å². The molecule has 0 fully saturated rings. The molecule has 0 aromatic heterocycles. The first-order chi connectivity index (χ1) is 19.6. The van der Waals surface area contributed by atoms with Crippen molar-refractivity contribution in [3.05, 3.63) is 64.2 Å². The van der Waals surface area contributed by atoms with Gasteiger partial charge < -0.3 is 20.3 Å². The first-order valence-electron chi connectivity index (χ1n) is 15.4. The number of hydrogen-bond donors (Lipinski definition) is 2. The number of ether oxygens (including phenoxy) is 1. The Kier molecular flexibility index (Phi) is 13.1. The number of anilines is 1. The van der Waals surface area contributed by atoms with Gasteiger partial charge in [0.15, 0.2) is 0 Å². The summed E-state index contributed by atoms with van der Waals surface area (Å²) >= 11 is 0. The number of benzene rings is 2. The number of alkyl carbamates (subject to hydrolysis) is 1. The summed E-state index contributed by atoms with van der Waals surface area (Å²) < 4.78 is 5.52. The quantitative estimate of drug-likeness (QED) is 0.236. The Morgan fingerprint density at radius 3 is 2.10 bits per heavy atom. The lowest BCUT2D eigenvalue weighted by atomic mass is 9.94. The van der Waals surface area contributed by atoms with Crippen LogP contribution in [0.25, 0.3) is 0 Å². The number of para-hydroxylation sites is 1. The van der Waals surface area contributed by atoms with Crippen molar-refractivity contribution < 1.29 is 19.1 Å². The molecule has 0 bridgehead atoms. The first-order valence-corrected chi connectivity index (χ1v) is 15.4. The number of unbranched alkanes of at least 4 members (excludes halogenated alkanes) is 3. The monoisotopic (exact) mass is 579 g/mol. The molecular formula is C35H53N3O4. The van der Waals surface area contributed by atoms with E-state index in [0.29, 0.717) is 13.0 Å². The second-order valence-electron chi connectivity index (χ2n) is 12.9. The van der Waals surface area contributed by atoms with Crippen LogP contribution in [0.2, 0.25) is 0 Å². The Morgan fingerprint density at radius 2 is 1.55 bits per heavy atom. The van der Waals surface area contributed by atoms with Crippen LogP contribution in [0.15, 0.2) is 36.4 Å². The van der Waals surface area contributed by atoms with Crippen molar-refractivity contribution in [2.45, 2.75) is 119 Å². The molecular weight excluding hydrogens is 526 g/mol. The zero-order valence-electron chi connectivity index (χ0n) is 27.5. The molecule has 2 N–H and O–H groups in total. The average molecular weight is 580 g/mol. The minimum Gasteiger partial charge on any atom is -0.444 e. The number of amides is 3. The summed E-state index contributed by atoms with van der Waals surface area (Å²) in [6.07, 6.45) is 3.55. The highest BCUT2D eigenvalue weighted by molar-refractivity contribution is 6.00. The second kappa shape index (κ2) is 15.8. The zero-order chi connectivity index (χ0) is 31.6. The highest BCUT2D eigenvalue weighted by atomic mass is 16.6. The van der Waals surface area contributed by atoms with E-state index in [1.165, 1.54) is 0 Å². The van der Waals surface area contributed by atoms with Crippen LogP contribution >= 0.6 is 0 Å². The smallest absolute Gasteiger partial charge is 0.408 e. The van der Waals surface area contributed by atoms with Crippen LogP contribution in [0.1, 0.15) is 108 Å². The summed E-state index contributed by atoms with van der Waals surface area (Å²) in [5.41, 5.74) is 4.73. The average Bonchev–Trinajstić information content (AvgIpc) is 2.86. The second-order valence-corrected chi connectivity index (χ2v) is 12.9. The van der Waals surface area contributed by atoms with Crippen molar-refractivity contribution in [1.82, 2.24) is 10.2 Å². The van der Waals surface area contributed by atoms with E-state index in [1.807, 2.05) is 77.9 Å². The number of carbonyl (C=O) groups is 3. The fourth-order valence-corrected chi connectivity index (χ4v) is 5.20. The minimum atomic E-state index is -0.881. The third-order valence-electron chi connectivity index (χ3n) is 7.24. The largest absolute Gasteiger partial charge is 0.444 e. The van der Waals surface area contributed by atoms with Crippen LogP contribution in [0.3, 0.4) is 0 Å². The van der Waals surface area contributed by atoms with Crippen molar-refractivity contribution in [2.75, 3.05) is 11.9 Å². The Labute approximate surface area is 253 Å². The van der Waals surface area contributed by atoms with E-state index in [4.69, 9.17) is 4.74 Å². The summed E-state index contributed by atoms with van der Waals surface area (Å²) in [5.74, 6) is -0.435. The van der Waals surface area contributed by atoms with Crippen LogP contribution in [-0.4, -0.2) is 41.0 Å². The molecule has 7 nitrogen and oxygen atoms in total. The number of nitrogens with zero attached hydrogens (tertiary/aromatic N) is 1. The molecule has 0 heterocycles. The van der Waals surface area contributed by atoms with E-state index >= 15 is 0 Å². The SMILES string of the molecule is CCCCCCN(C(=O)C(CC(C)C)NC(=O)OC(C)(C)C)C(C(=O)Nc1c(C)cccc1C)c1ccc(C)cc1C. The van der Waals surface area contributed by atoms with Gasteiger partial charge in [-0.05, 0) is 89.5 Å². The molecule has 2 atom stereocenters. The first kappa shape index (κ1) is 34.8. The van der Waals surface area contributed by atoms with Crippen molar-refractivity contribution >= 4 is 23.6 Å². The summed E-state index contributed by atoms with van der Waals surface area (Å²) in [6.45, 7) is 19.9. The van der Waals surface area contributed by atoms with Gasteiger partial charge in [-0.15, -0.1) is 0 Å². The Hall–Kier alpha value is -3.35. The highest BCUT2D eigenvalue weighted by Gasteiger charge is 2.37. The highest BCUT2D eigenvalue weighted by Crippen LogP contribution is 2.30. The van der Waals surface area contributed by atoms with Gasteiger partial charge in [-0.25, -0.2) is 4.79 Å². The summed E-state index contributed by atoms with van der Waals surface area (Å²) in [4.78, 5) is 43.4. The number of hydrogen-bond acceptors (Lipinski definition) is 4. The van der Waals surface area contributed by atoms with Crippen LogP contribution in [0, 0.1) is 33.6 Å². The maximum absolute atomic E-state index is 14.5. The van der Waals surface area contributed by atoms with Gasteiger partial charge in [0.25, 0.3) is 5.91 Å². The summed E-state index contributed by atoms with van der Waals surface area (Å²) in [6, 6.07) is 10.1. The topological polar surface area (TPSA) is 87.7 Å². The van der Waals surface area contributed by atoms with Gasteiger partial charge in [-0.1, -0.05) is 82.0 Å². The number of carbonyl (C=O) groups excluding carboxylic acids is 3. The third-order valence-corrected chi connectivity index (χ3v) is 7.24. The molecule has 0 saturated carbocycles. The Balaban J connectivity index is 2.63. The molecule has 42 heavy (non-hydrogen) atoms. The lowest BCUT2D eigenvalue weighted by molar-refractivity contribution is -0.141. The third kappa shape index (κ3) is 10.5. The molecule has 2 rings (SSSR count). The van der Waals surface area contributed by atoms with Gasteiger partial charge in [0, 0.05) is 12.2 Å². The van der Waals surface area contributed by atoms with Gasteiger partial charge in [0.05, 0.1) is 0 Å². The lowest BCUT2D eigenvalue weighted by Crippen LogP contribution is -2.53. The van der Waals surface area contributed by atoms with Crippen molar-refractivity contribution in [3.63, 3.8) is 0 Å². The molecule has 2 aromatic rings. The molecule has 3 amide bonds. The molecule has 232 valence electrons. The van der Waals surface area contributed by atoms with Gasteiger partial charge in [0.2, 0.25) is 5.91 Å². The van der Waals surface area contributed by atoms with Crippen LogP contribution < -0.4 is 10.6 Å². The predicted molar refractivity (Wildman–Crippen MR) is 172 cm³/mol. The fourth-order valence-electron chi connectivity index (χ4n) is 5.20. The predicted octanol–water partition coefficient (Wildman–Crippen LogP) is 7.95. The standard InChI is InChI=1S/C35H53N3O4/c1-11-12-13-14-20-38(33(40)29(21-23(2)3)36-34(41)42-35(8,9)10)31(28-19-18-24(4)22-27(28)7)32(39)37-30-25(5)16-15-17-26(30)6/h15-19,22-23,29,31H,11-14,20-21H2,1-10H3,(H,36,41)(H,37,39). The van der Waals surface area contributed by atoms with Gasteiger partial charge in [-0.2, -0.15) is 0 Å². The van der Waals surface area contributed by atoms with E-state index in [0.717, 1.165) is 59.2 Å². The van der Waals surface area contributed by atoms with E-state index in [2.05, 4.69) is 17.6 Å².